The van der Waals surface area contributed by atoms with Gasteiger partial charge in [-0.25, -0.2) is 0 Å². The fourth-order valence-electron chi connectivity index (χ4n) is 13.4. The summed E-state index contributed by atoms with van der Waals surface area (Å²) < 4.78 is 33.2. The number of allylic oxidation sites excluding steroid dienone is 16. The van der Waals surface area contributed by atoms with Gasteiger partial charge >= 0.3 is 23.9 Å². The van der Waals surface area contributed by atoms with E-state index in [-0.39, 0.29) is 172 Å². The number of hydrogen-bond donors (Lipinski definition) is 4. The molecule has 0 bridgehead atoms. The Balaban J connectivity index is 5.81. The number of carbonyl (C=O) groups is 9. The minimum Gasteiger partial charge on any atom is -0.464 e. The molecule has 21 nitrogen and oxygen atoms in total. The Morgan fingerprint density at radius 2 is 0.566 bits per heavy atom. The summed E-state index contributed by atoms with van der Waals surface area (Å²) in [6.07, 6.45) is 84.6. The summed E-state index contributed by atoms with van der Waals surface area (Å²) in [6, 6.07) is -0.992. The molecule has 5 amide bonds. The minimum atomic E-state index is -0.992. The molecule has 1 atom stereocenters. The van der Waals surface area contributed by atoms with Crippen LogP contribution in [-0.2, 0) is 71.6 Å². The number of amides is 5. The lowest BCUT2D eigenvalue weighted by Crippen LogP contribution is -2.47. The van der Waals surface area contributed by atoms with E-state index in [1.165, 1.54) is 86.8 Å². The highest BCUT2D eigenvalue weighted by molar-refractivity contribution is 5.89. The van der Waals surface area contributed by atoms with Crippen molar-refractivity contribution < 1.29 is 76.7 Å². The smallest absolute Gasteiger partial charge is 0.305 e. The second-order valence-electron chi connectivity index (χ2n) is 32.1. The van der Waals surface area contributed by atoms with E-state index in [4.69, 9.17) is 33.5 Å². The number of hydrogen-bond acceptors (Lipinski definition) is 16. The summed E-state index contributed by atoms with van der Waals surface area (Å²) >= 11 is 0. The number of rotatable bonds is 90. The molecule has 700 valence electrons. The summed E-state index contributed by atoms with van der Waals surface area (Å²) in [5, 5.41) is 17.6. The summed E-state index contributed by atoms with van der Waals surface area (Å²) in [5.74, 6) is -3.52. The standard InChI is InChI=1S/C101H175N5O16/c1-5-9-13-17-21-25-29-33-37-41-45-49-53-57-61-69-97(112)119-85-79-105(80-86-120-98(113)70-62-58-54-50-46-42-38-34-30-26-22-18-14-10-6-2)95(110)75-73-93(108)102-77-66-65-68-92(101(116)103-78-67-84-117-90-91-118-89-83-107)104-94(109)74-76-96(111)106(81-87-121-99(114)71-63-59-55-51-47-43-39-35-31-27-23-19-15-11-7-3)82-88-122-100(115)72-64-60-56-52-48-44-40-36-32-28-24-20-16-12-8-4/h21-28,33-40,92,107H,5-20,29-32,41-91H2,1-4H3,(H,102,108)(H,103,116)(H,104,109)/b25-21-,26-22-,27-23-,28-24-,37-33-,38-34-,39-35-,40-36-. The fraction of sp³-hybridized carbons (Fsp3) is 0.752. The van der Waals surface area contributed by atoms with Crippen LogP contribution in [0, 0.1) is 0 Å². The van der Waals surface area contributed by atoms with Crippen molar-refractivity contribution in [3.63, 3.8) is 0 Å². The van der Waals surface area contributed by atoms with Gasteiger partial charge in [-0.3, -0.25) is 43.2 Å². The Labute approximate surface area is 741 Å². The van der Waals surface area contributed by atoms with Gasteiger partial charge in [-0.2, -0.15) is 0 Å². The molecule has 0 heterocycles. The molecule has 4 N–H and O–H groups in total. The lowest BCUT2D eigenvalue weighted by atomic mass is 10.1. The molecule has 0 saturated heterocycles. The van der Waals surface area contributed by atoms with E-state index in [0.29, 0.717) is 64.8 Å². The molecular weight excluding hydrogens is 1540 g/mol. The first-order valence-corrected chi connectivity index (χ1v) is 48.8. The van der Waals surface area contributed by atoms with Crippen molar-refractivity contribution in [3.05, 3.63) is 97.2 Å². The van der Waals surface area contributed by atoms with Crippen molar-refractivity contribution in [2.75, 3.05) is 98.7 Å². The van der Waals surface area contributed by atoms with Gasteiger partial charge in [-0.15, -0.1) is 0 Å². The van der Waals surface area contributed by atoms with Crippen LogP contribution in [-0.4, -0.2) is 173 Å². The molecule has 0 aromatic rings. The Morgan fingerprint density at radius 1 is 0.279 bits per heavy atom. The molecule has 0 aliphatic rings. The molecule has 0 aromatic heterocycles. The predicted molar refractivity (Wildman–Crippen MR) is 498 cm³/mol. The third kappa shape index (κ3) is 83.9. The zero-order chi connectivity index (χ0) is 88.8. The average molecular weight is 1720 g/mol. The topological polar surface area (TPSA) is 272 Å². The van der Waals surface area contributed by atoms with Gasteiger partial charge in [-0.05, 0) is 180 Å². The van der Waals surface area contributed by atoms with Gasteiger partial charge in [0.2, 0.25) is 29.5 Å². The fourth-order valence-corrected chi connectivity index (χ4v) is 13.4. The quantitative estimate of drug-likeness (QED) is 0.0191. The molecular formula is C101H175N5O16. The van der Waals surface area contributed by atoms with Crippen molar-refractivity contribution in [1.82, 2.24) is 25.8 Å². The number of aliphatic hydroxyl groups excluding tert-OH is 1. The largest absolute Gasteiger partial charge is 0.464 e. The molecule has 21 heteroatoms. The number of nitrogens with one attached hydrogen (secondary N) is 3. The maximum absolute atomic E-state index is 14.0. The van der Waals surface area contributed by atoms with E-state index in [1.807, 2.05) is 0 Å². The van der Waals surface area contributed by atoms with Gasteiger partial charge in [0.15, 0.2) is 0 Å². The number of unbranched alkanes of at least 4 members (excludes halogenated alkanes) is 33. The Bertz CT molecular complexity index is 2650. The monoisotopic (exact) mass is 1710 g/mol. The van der Waals surface area contributed by atoms with E-state index >= 15 is 0 Å². The summed E-state index contributed by atoms with van der Waals surface area (Å²) in [4.78, 5) is 123. The number of carbonyl (C=O) groups excluding carboxylic acids is 9. The number of esters is 4. The summed E-state index contributed by atoms with van der Waals surface area (Å²) in [5.41, 5.74) is 0. The van der Waals surface area contributed by atoms with Gasteiger partial charge in [0, 0.05) is 71.1 Å². The minimum absolute atomic E-state index is 0.0269. The third-order valence-electron chi connectivity index (χ3n) is 20.9. The highest BCUT2D eigenvalue weighted by atomic mass is 16.5. The molecule has 0 radical (unpaired) electrons. The van der Waals surface area contributed by atoms with Crippen LogP contribution in [0.15, 0.2) is 97.2 Å². The van der Waals surface area contributed by atoms with Crippen molar-refractivity contribution in [2.24, 2.45) is 0 Å². The van der Waals surface area contributed by atoms with Gasteiger partial charge < -0.3 is 59.3 Å². The first kappa shape index (κ1) is 115. The molecule has 0 spiro atoms. The average Bonchev–Trinajstić information content (AvgIpc) is 0.915. The normalized spacial score (nSPS) is 12.1. The number of aliphatic hydroxyl groups is 1. The second kappa shape index (κ2) is 93.2. The lowest BCUT2D eigenvalue weighted by molar-refractivity contribution is -0.148. The molecule has 0 saturated carbocycles. The first-order valence-electron chi connectivity index (χ1n) is 48.8. The molecule has 0 aromatic carbocycles. The van der Waals surface area contributed by atoms with E-state index in [1.54, 1.807) is 0 Å². The van der Waals surface area contributed by atoms with Crippen LogP contribution in [0.2, 0.25) is 0 Å². The van der Waals surface area contributed by atoms with E-state index in [9.17, 15) is 43.2 Å². The number of ether oxygens (including phenoxy) is 6. The van der Waals surface area contributed by atoms with Crippen LogP contribution < -0.4 is 16.0 Å². The van der Waals surface area contributed by atoms with Crippen molar-refractivity contribution in [1.29, 1.82) is 0 Å². The van der Waals surface area contributed by atoms with E-state index in [2.05, 4.69) is 141 Å². The first-order chi connectivity index (χ1) is 59.8. The maximum Gasteiger partial charge on any atom is 0.305 e. The molecule has 1 unspecified atom stereocenters. The van der Waals surface area contributed by atoms with Crippen LogP contribution in [0.5, 0.6) is 0 Å². The Morgan fingerprint density at radius 3 is 0.885 bits per heavy atom. The highest BCUT2D eigenvalue weighted by Gasteiger charge is 2.24. The third-order valence-corrected chi connectivity index (χ3v) is 20.9. The SMILES string of the molecule is CCCCC/C=C\C/C=C\CCCCCCCC(=O)OCCN(CCOC(=O)CCCCCCC/C=C\C/C=C\CCCCC)C(=O)CCC(=O)NCCCCC(NC(=O)CCC(=O)N(CCOC(=O)CCCCCCC/C=C\C/C=C\CCCCC)CCOC(=O)CCCCCCC/C=C\C/C=C\CCCCC)C(=O)NCCCOCCOCCO. The van der Waals surface area contributed by atoms with Gasteiger partial charge in [-0.1, -0.05) is 253 Å². The second-order valence-corrected chi connectivity index (χ2v) is 32.1. The predicted octanol–water partition coefficient (Wildman–Crippen LogP) is 21.9. The Hall–Kier alpha value is -6.97. The van der Waals surface area contributed by atoms with Gasteiger partial charge in [0.1, 0.15) is 32.5 Å². The van der Waals surface area contributed by atoms with Crippen molar-refractivity contribution >= 4 is 53.4 Å². The zero-order valence-corrected chi connectivity index (χ0v) is 77.5. The Kier molecular flexibility index (Phi) is 87.9. The van der Waals surface area contributed by atoms with Crippen LogP contribution in [0.3, 0.4) is 0 Å². The van der Waals surface area contributed by atoms with Crippen molar-refractivity contribution in [2.45, 2.75) is 393 Å². The van der Waals surface area contributed by atoms with Crippen LogP contribution in [0.1, 0.15) is 387 Å². The van der Waals surface area contributed by atoms with Gasteiger partial charge in [0.25, 0.3) is 0 Å². The number of nitrogens with zero attached hydrogens (tertiary/aromatic N) is 2. The molecule has 0 fully saturated rings. The highest BCUT2D eigenvalue weighted by Crippen LogP contribution is 2.16. The zero-order valence-electron chi connectivity index (χ0n) is 77.5. The van der Waals surface area contributed by atoms with Crippen molar-refractivity contribution in [3.8, 4) is 0 Å². The van der Waals surface area contributed by atoms with E-state index < -0.39 is 23.8 Å². The maximum atomic E-state index is 14.0. The molecule has 0 aliphatic heterocycles. The van der Waals surface area contributed by atoms with Crippen LogP contribution in [0.4, 0.5) is 0 Å². The molecule has 0 rings (SSSR count). The lowest BCUT2D eigenvalue weighted by Gasteiger charge is -2.23. The summed E-state index contributed by atoms with van der Waals surface area (Å²) in [6.45, 7) is 10.3. The van der Waals surface area contributed by atoms with E-state index in [0.717, 1.165) is 180 Å². The van der Waals surface area contributed by atoms with Crippen LogP contribution in [0.25, 0.3) is 0 Å². The van der Waals surface area contributed by atoms with Crippen LogP contribution >= 0.6 is 0 Å². The molecule has 0 aliphatic carbocycles. The molecule has 122 heavy (non-hydrogen) atoms. The summed E-state index contributed by atoms with van der Waals surface area (Å²) in [7, 11) is 0. The van der Waals surface area contributed by atoms with Gasteiger partial charge in [0.05, 0.1) is 52.6 Å².